The summed E-state index contributed by atoms with van der Waals surface area (Å²) in [7, 11) is 0. The van der Waals surface area contributed by atoms with Crippen molar-refractivity contribution in [2.75, 3.05) is 11.1 Å². The van der Waals surface area contributed by atoms with Crippen LogP contribution in [-0.2, 0) is 17.5 Å². The van der Waals surface area contributed by atoms with Crippen LogP contribution in [0.25, 0.3) is 11.4 Å². The fourth-order valence-corrected chi connectivity index (χ4v) is 3.97. The van der Waals surface area contributed by atoms with Gasteiger partial charge in [0.25, 0.3) is 0 Å². The summed E-state index contributed by atoms with van der Waals surface area (Å²) in [4.78, 5) is 12.4. The first kappa shape index (κ1) is 22.9. The van der Waals surface area contributed by atoms with E-state index in [2.05, 4.69) is 15.5 Å². The van der Waals surface area contributed by atoms with E-state index in [1.54, 1.807) is 41.2 Å². The van der Waals surface area contributed by atoms with E-state index in [4.69, 9.17) is 16.0 Å². The van der Waals surface area contributed by atoms with E-state index >= 15 is 0 Å². The minimum atomic E-state index is -4.49. The second-order valence-corrected chi connectivity index (χ2v) is 8.28. The summed E-state index contributed by atoms with van der Waals surface area (Å²) in [6.07, 6.45) is -2.94. The second-order valence-electron chi connectivity index (χ2n) is 6.90. The van der Waals surface area contributed by atoms with Crippen molar-refractivity contribution in [3.05, 3.63) is 83.3 Å². The highest BCUT2D eigenvalue weighted by Gasteiger charge is 2.30. The smallest absolute Gasteiger partial charge is 0.416 e. The van der Waals surface area contributed by atoms with E-state index in [-0.39, 0.29) is 11.4 Å². The van der Waals surface area contributed by atoms with Crippen molar-refractivity contribution in [3.8, 4) is 11.4 Å². The number of alkyl halides is 3. The Hall–Kier alpha value is -3.24. The number of carbonyl (C=O) groups excluding carboxylic acids is 1. The van der Waals surface area contributed by atoms with Crippen LogP contribution in [0.2, 0.25) is 5.02 Å². The number of benzene rings is 2. The van der Waals surface area contributed by atoms with Crippen LogP contribution >= 0.6 is 23.4 Å². The molecule has 2 aromatic heterocycles. The maximum absolute atomic E-state index is 12.9. The number of hydrogen-bond acceptors (Lipinski definition) is 5. The van der Waals surface area contributed by atoms with E-state index in [0.29, 0.717) is 28.3 Å². The largest absolute Gasteiger partial charge is 0.467 e. The molecule has 0 unspecified atom stereocenters. The number of furan rings is 1. The van der Waals surface area contributed by atoms with Gasteiger partial charge in [0.15, 0.2) is 11.0 Å². The molecule has 2 heterocycles. The summed E-state index contributed by atoms with van der Waals surface area (Å²) in [6.45, 7) is 0.319. The summed E-state index contributed by atoms with van der Waals surface area (Å²) in [5, 5.41) is 11.9. The third-order valence-electron chi connectivity index (χ3n) is 4.50. The molecule has 0 saturated carbocycles. The number of carbonyl (C=O) groups is 1. The normalized spacial score (nSPS) is 11.5. The Morgan fingerprint density at radius 3 is 2.64 bits per heavy atom. The minimum Gasteiger partial charge on any atom is -0.467 e. The molecule has 1 N–H and O–H groups in total. The van der Waals surface area contributed by atoms with Gasteiger partial charge in [-0.25, -0.2) is 0 Å². The van der Waals surface area contributed by atoms with Gasteiger partial charge in [0.1, 0.15) is 5.76 Å². The summed E-state index contributed by atoms with van der Waals surface area (Å²) in [5.41, 5.74) is -0.0359. The highest BCUT2D eigenvalue weighted by molar-refractivity contribution is 7.99. The average molecular weight is 493 g/mol. The molecule has 33 heavy (non-hydrogen) atoms. The zero-order valence-electron chi connectivity index (χ0n) is 16.8. The van der Waals surface area contributed by atoms with E-state index < -0.39 is 17.6 Å². The number of amides is 1. The fourth-order valence-electron chi connectivity index (χ4n) is 3.04. The van der Waals surface area contributed by atoms with Crippen LogP contribution in [0.5, 0.6) is 0 Å². The van der Waals surface area contributed by atoms with E-state index in [0.717, 1.165) is 29.5 Å². The van der Waals surface area contributed by atoms with Crippen molar-refractivity contribution in [1.82, 2.24) is 14.8 Å². The number of hydrogen-bond donors (Lipinski definition) is 1. The maximum atomic E-state index is 12.9. The third-order valence-corrected chi connectivity index (χ3v) is 5.70. The molecule has 0 aliphatic rings. The quantitative estimate of drug-likeness (QED) is 0.321. The molecular formula is C22H16ClF3N4O2S. The number of anilines is 1. The van der Waals surface area contributed by atoms with Crippen LogP contribution in [0, 0.1) is 0 Å². The molecule has 4 aromatic rings. The summed E-state index contributed by atoms with van der Waals surface area (Å²) >= 11 is 7.22. The minimum absolute atomic E-state index is 0.0621. The lowest BCUT2D eigenvalue weighted by atomic mass is 10.2. The zero-order valence-corrected chi connectivity index (χ0v) is 18.4. The molecular weight excluding hydrogens is 477 g/mol. The third kappa shape index (κ3) is 5.77. The molecule has 0 bridgehead atoms. The van der Waals surface area contributed by atoms with E-state index in [9.17, 15) is 18.0 Å². The Morgan fingerprint density at radius 1 is 1.09 bits per heavy atom. The predicted molar refractivity (Wildman–Crippen MR) is 119 cm³/mol. The molecule has 0 aliphatic heterocycles. The summed E-state index contributed by atoms with van der Waals surface area (Å²) < 4.78 is 45.9. The van der Waals surface area contributed by atoms with Gasteiger partial charge >= 0.3 is 6.18 Å². The number of rotatable bonds is 7. The Bertz CT molecular complexity index is 1260. The van der Waals surface area contributed by atoms with Gasteiger partial charge in [-0.1, -0.05) is 41.6 Å². The number of thioether (sulfide) groups is 1. The van der Waals surface area contributed by atoms with Crippen molar-refractivity contribution in [3.63, 3.8) is 0 Å². The molecule has 6 nitrogen and oxygen atoms in total. The number of aromatic nitrogens is 3. The van der Waals surface area contributed by atoms with Gasteiger partial charge in [-0.2, -0.15) is 13.2 Å². The van der Waals surface area contributed by atoms with Crippen LogP contribution < -0.4 is 5.32 Å². The number of nitrogens with one attached hydrogen (secondary N) is 1. The van der Waals surface area contributed by atoms with Gasteiger partial charge in [0.05, 0.1) is 24.1 Å². The Morgan fingerprint density at radius 2 is 1.91 bits per heavy atom. The molecule has 4 rings (SSSR count). The Labute approximate surface area is 195 Å². The number of halogens is 4. The lowest BCUT2D eigenvalue weighted by Gasteiger charge is -2.11. The lowest BCUT2D eigenvalue weighted by molar-refractivity contribution is -0.137. The SMILES string of the molecule is O=C(CSc1nnc(-c2cccc(Cl)c2)n1Cc1ccco1)Nc1cccc(C(F)(F)F)c1. The molecule has 0 spiro atoms. The predicted octanol–water partition coefficient (Wildman–Crippen LogP) is 5.99. The topological polar surface area (TPSA) is 73.0 Å². The highest BCUT2D eigenvalue weighted by atomic mass is 35.5. The van der Waals surface area contributed by atoms with Crippen molar-refractivity contribution < 1.29 is 22.4 Å². The van der Waals surface area contributed by atoms with Gasteiger partial charge in [-0.3, -0.25) is 9.36 Å². The van der Waals surface area contributed by atoms with Crippen molar-refractivity contribution in [2.45, 2.75) is 17.9 Å². The van der Waals surface area contributed by atoms with E-state index in [1.807, 2.05) is 6.07 Å². The average Bonchev–Trinajstić information content (AvgIpc) is 3.42. The molecule has 0 atom stereocenters. The molecule has 0 saturated heterocycles. The van der Waals surface area contributed by atoms with Crippen LogP contribution in [0.1, 0.15) is 11.3 Å². The standard InChI is InChI=1S/C22H16ClF3N4O2S/c23-16-6-1-4-14(10-16)20-28-29-21(30(20)12-18-8-3-9-32-18)33-13-19(31)27-17-7-2-5-15(11-17)22(24,25)26/h1-11H,12-13H2,(H,27,31). The Balaban J connectivity index is 1.51. The van der Waals surface area contributed by atoms with Crippen LogP contribution in [0.3, 0.4) is 0 Å². The molecule has 2 aromatic carbocycles. The molecule has 0 radical (unpaired) electrons. The molecule has 0 fully saturated rings. The molecule has 0 aliphatic carbocycles. The van der Waals surface area contributed by atoms with Crippen LogP contribution in [0.4, 0.5) is 18.9 Å². The Kier molecular flexibility index (Phi) is 6.75. The first-order chi connectivity index (χ1) is 15.8. The fraction of sp³-hybridized carbons (Fsp3) is 0.136. The summed E-state index contributed by atoms with van der Waals surface area (Å²) in [5.74, 6) is 0.640. The molecule has 11 heteroatoms. The van der Waals surface area contributed by atoms with E-state index in [1.165, 1.54) is 12.1 Å². The summed E-state index contributed by atoms with van der Waals surface area (Å²) in [6, 6.07) is 15.1. The molecule has 1 amide bonds. The van der Waals surface area contributed by atoms with Gasteiger partial charge in [0.2, 0.25) is 5.91 Å². The zero-order chi connectivity index (χ0) is 23.4. The highest BCUT2D eigenvalue weighted by Crippen LogP contribution is 2.31. The number of nitrogens with zero attached hydrogens (tertiary/aromatic N) is 3. The van der Waals surface area contributed by atoms with Crippen LogP contribution in [0.15, 0.2) is 76.5 Å². The van der Waals surface area contributed by atoms with Gasteiger partial charge in [-0.05, 0) is 42.5 Å². The second kappa shape index (κ2) is 9.72. The van der Waals surface area contributed by atoms with Crippen molar-refractivity contribution in [1.29, 1.82) is 0 Å². The van der Waals surface area contributed by atoms with Gasteiger partial charge in [-0.15, -0.1) is 10.2 Å². The van der Waals surface area contributed by atoms with Gasteiger partial charge in [0, 0.05) is 16.3 Å². The first-order valence-electron chi connectivity index (χ1n) is 9.61. The van der Waals surface area contributed by atoms with Crippen LogP contribution in [-0.4, -0.2) is 26.4 Å². The van der Waals surface area contributed by atoms with Crippen molar-refractivity contribution in [2.24, 2.45) is 0 Å². The van der Waals surface area contributed by atoms with Gasteiger partial charge < -0.3 is 9.73 Å². The maximum Gasteiger partial charge on any atom is 0.416 e. The van der Waals surface area contributed by atoms with Crippen molar-refractivity contribution >= 4 is 35.0 Å². The lowest BCUT2D eigenvalue weighted by Crippen LogP contribution is -2.15. The molecule has 170 valence electrons. The monoisotopic (exact) mass is 492 g/mol. The first-order valence-corrected chi connectivity index (χ1v) is 11.0.